The lowest BCUT2D eigenvalue weighted by Gasteiger charge is -2.14. The Morgan fingerprint density at radius 1 is 1.25 bits per heavy atom. The Kier molecular flexibility index (Phi) is 4.57. The smallest absolute Gasteiger partial charge is 0.150 e. The van der Waals surface area contributed by atoms with Crippen molar-refractivity contribution in [3.8, 4) is 0 Å². The average molecular weight is 378 g/mol. The Balaban J connectivity index is 2.48. The average Bonchev–Trinajstić information content (AvgIpc) is 2.34. The number of benzene rings is 2. The third kappa shape index (κ3) is 3.26. The first-order valence-electron chi connectivity index (χ1n) is 5.39. The molecule has 0 saturated heterocycles. The number of hydrogen-bond donors (Lipinski definition) is 2. The van der Waals surface area contributed by atoms with E-state index in [0.717, 1.165) is 12.1 Å². The van der Waals surface area contributed by atoms with Gasteiger partial charge >= 0.3 is 0 Å². The molecule has 0 atom stereocenters. The zero-order valence-electron chi connectivity index (χ0n) is 9.88. The van der Waals surface area contributed by atoms with E-state index in [2.05, 4.69) is 21.2 Å². The maximum atomic E-state index is 13.8. The van der Waals surface area contributed by atoms with Crippen molar-refractivity contribution in [1.29, 1.82) is 0 Å². The van der Waals surface area contributed by atoms with E-state index in [-0.39, 0.29) is 15.1 Å². The summed E-state index contributed by atoms with van der Waals surface area (Å²) < 4.78 is 27.1. The van der Waals surface area contributed by atoms with Gasteiger partial charge in [-0.1, -0.05) is 23.8 Å². The summed E-state index contributed by atoms with van der Waals surface area (Å²) in [7, 11) is 0. The largest absolute Gasteiger partial charge is 0.389 e. The predicted octanol–water partition coefficient (Wildman–Crippen LogP) is 4.76. The molecule has 0 spiro atoms. The maximum Gasteiger partial charge on any atom is 0.150 e. The van der Waals surface area contributed by atoms with Crippen molar-refractivity contribution in [2.24, 2.45) is 5.73 Å². The van der Waals surface area contributed by atoms with E-state index in [9.17, 15) is 8.78 Å². The molecule has 3 N–H and O–H groups in total. The van der Waals surface area contributed by atoms with Crippen molar-refractivity contribution >= 4 is 56.1 Å². The van der Waals surface area contributed by atoms with Gasteiger partial charge in [0.15, 0.2) is 5.82 Å². The van der Waals surface area contributed by atoms with Gasteiger partial charge in [0, 0.05) is 26.8 Å². The number of nitrogens with two attached hydrogens (primary N) is 1. The van der Waals surface area contributed by atoms with Crippen LogP contribution < -0.4 is 11.1 Å². The van der Waals surface area contributed by atoms with Gasteiger partial charge in [0.2, 0.25) is 0 Å². The Hall–Kier alpha value is -1.24. The molecule has 0 heterocycles. The maximum absolute atomic E-state index is 13.8. The summed E-state index contributed by atoms with van der Waals surface area (Å²) in [5.41, 5.74) is 6.65. The number of thiocarbonyl (C=S) groups is 1. The van der Waals surface area contributed by atoms with Gasteiger partial charge in [-0.3, -0.25) is 0 Å². The highest BCUT2D eigenvalue weighted by Crippen LogP contribution is 2.31. The van der Waals surface area contributed by atoms with Gasteiger partial charge < -0.3 is 11.1 Å². The fourth-order valence-electron chi connectivity index (χ4n) is 1.63. The number of rotatable bonds is 3. The van der Waals surface area contributed by atoms with Crippen LogP contribution in [0.4, 0.5) is 20.2 Å². The van der Waals surface area contributed by atoms with Crippen LogP contribution in [0.25, 0.3) is 0 Å². The summed E-state index contributed by atoms with van der Waals surface area (Å²) in [5.74, 6) is -1.41. The summed E-state index contributed by atoms with van der Waals surface area (Å²) >= 11 is 13.9. The predicted molar refractivity (Wildman–Crippen MR) is 84.7 cm³/mol. The Morgan fingerprint density at radius 2 is 1.95 bits per heavy atom. The van der Waals surface area contributed by atoms with Crippen LogP contribution in [-0.2, 0) is 0 Å². The first kappa shape index (κ1) is 15.2. The number of hydrogen-bond acceptors (Lipinski definition) is 2. The van der Waals surface area contributed by atoms with Crippen molar-refractivity contribution < 1.29 is 8.78 Å². The molecule has 2 nitrogen and oxygen atoms in total. The minimum atomic E-state index is -0.735. The lowest BCUT2D eigenvalue weighted by Crippen LogP contribution is -2.12. The summed E-state index contributed by atoms with van der Waals surface area (Å²) in [5, 5.41) is 3.29. The van der Waals surface area contributed by atoms with Gasteiger partial charge in [-0.15, -0.1) is 0 Å². The fourth-order valence-corrected chi connectivity index (χ4v) is 2.47. The number of anilines is 2. The summed E-state index contributed by atoms with van der Waals surface area (Å²) in [4.78, 5) is 0.119. The highest BCUT2D eigenvalue weighted by molar-refractivity contribution is 9.10. The van der Waals surface area contributed by atoms with Crippen LogP contribution in [0.3, 0.4) is 0 Å². The van der Waals surface area contributed by atoms with Crippen molar-refractivity contribution in [2.75, 3.05) is 5.32 Å². The molecule has 0 unspecified atom stereocenters. The lowest BCUT2D eigenvalue weighted by atomic mass is 10.1. The Morgan fingerprint density at radius 3 is 2.55 bits per heavy atom. The van der Waals surface area contributed by atoms with E-state index in [0.29, 0.717) is 16.3 Å². The molecule has 0 radical (unpaired) electrons. The van der Waals surface area contributed by atoms with Gasteiger partial charge in [0.05, 0.1) is 5.69 Å². The highest BCUT2D eigenvalue weighted by atomic mass is 79.9. The molecule has 0 fully saturated rings. The molecule has 20 heavy (non-hydrogen) atoms. The normalized spacial score (nSPS) is 10.4. The molecule has 0 aliphatic carbocycles. The molecular weight excluding hydrogens is 370 g/mol. The van der Waals surface area contributed by atoms with Crippen LogP contribution >= 0.6 is 39.7 Å². The molecule has 0 aliphatic heterocycles. The van der Waals surface area contributed by atoms with Crippen LogP contribution in [0, 0.1) is 11.6 Å². The van der Waals surface area contributed by atoms with E-state index in [1.54, 1.807) is 18.2 Å². The van der Waals surface area contributed by atoms with Gasteiger partial charge in [-0.25, -0.2) is 8.78 Å². The molecule has 0 aromatic heterocycles. The summed E-state index contributed by atoms with van der Waals surface area (Å²) in [6.07, 6.45) is 0. The van der Waals surface area contributed by atoms with Gasteiger partial charge in [-0.2, -0.15) is 0 Å². The van der Waals surface area contributed by atoms with E-state index >= 15 is 0 Å². The van der Waals surface area contributed by atoms with Crippen LogP contribution in [0.2, 0.25) is 5.02 Å². The topological polar surface area (TPSA) is 38.0 Å². The van der Waals surface area contributed by atoms with Crippen LogP contribution in [0.5, 0.6) is 0 Å². The third-order valence-electron chi connectivity index (χ3n) is 2.51. The summed E-state index contributed by atoms with van der Waals surface area (Å²) in [6.45, 7) is 0. The van der Waals surface area contributed by atoms with Crippen molar-refractivity contribution in [1.82, 2.24) is 0 Å². The molecule has 0 saturated carbocycles. The molecular formula is C13H8BrClF2N2S. The van der Waals surface area contributed by atoms with Crippen LogP contribution in [-0.4, -0.2) is 4.99 Å². The van der Waals surface area contributed by atoms with Crippen molar-refractivity contribution in [3.05, 3.63) is 57.0 Å². The van der Waals surface area contributed by atoms with Crippen LogP contribution in [0.15, 0.2) is 34.8 Å². The number of nitrogens with one attached hydrogen (secondary N) is 1. The zero-order chi connectivity index (χ0) is 14.9. The summed E-state index contributed by atoms with van der Waals surface area (Å²) in [6, 6.07) is 6.74. The van der Waals surface area contributed by atoms with E-state index in [1.807, 2.05) is 0 Å². The quantitative estimate of drug-likeness (QED) is 0.758. The fraction of sp³-hybridized carbons (Fsp3) is 0. The molecule has 7 heteroatoms. The molecule has 2 aromatic carbocycles. The Bertz CT molecular complexity index is 671. The molecule has 2 aromatic rings. The van der Waals surface area contributed by atoms with Gasteiger partial charge in [0.1, 0.15) is 10.8 Å². The van der Waals surface area contributed by atoms with E-state index < -0.39 is 11.6 Å². The van der Waals surface area contributed by atoms with Gasteiger partial charge in [0.25, 0.3) is 0 Å². The zero-order valence-corrected chi connectivity index (χ0v) is 13.0. The second kappa shape index (κ2) is 6.03. The van der Waals surface area contributed by atoms with E-state index in [4.69, 9.17) is 29.6 Å². The second-order valence-corrected chi connectivity index (χ2v) is 5.65. The monoisotopic (exact) mass is 376 g/mol. The third-order valence-corrected chi connectivity index (χ3v) is 3.59. The molecule has 2 rings (SSSR count). The van der Waals surface area contributed by atoms with Crippen molar-refractivity contribution in [3.63, 3.8) is 0 Å². The standard InChI is InChI=1S/C13H8BrClF2N2S/c14-9-4-7(16)5-10(17)12(9)19-11-2-1-6(15)3-8(11)13(18)20/h1-5,19H,(H2,18,20). The molecule has 0 aliphatic rings. The minimum Gasteiger partial charge on any atom is -0.389 e. The Labute approximate surface area is 133 Å². The number of halogens is 4. The van der Waals surface area contributed by atoms with Gasteiger partial charge in [-0.05, 0) is 40.2 Å². The van der Waals surface area contributed by atoms with E-state index in [1.165, 1.54) is 0 Å². The first-order chi connectivity index (χ1) is 9.38. The first-order valence-corrected chi connectivity index (χ1v) is 6.97. The molecule has 0 amide bonds. The molecule has 0 bridgehead atoms. The van der Waals surface area contributed by atoms with Crippen molar-refractivity contribution in [2.45, 2.75) is 0 Å². The second-order valence-electron chi connectivity index (χ2n) is 3.92. The highest BCUT2D eigenvalue weighted by Gasteiger charge is 2.13. The SMILES string of the molecule is NC(=S)c1cc(Cl)ccc1Nc1c(F)cc(F)cc1Br. The molecule has 104 valence electrons. The minimum absolute atomic E-state index is 0.0891. The van der Waals surface area contributed by atoms with Crippen LogP contribution in [0.1, 0.15) is 5.56 Å². The lowest BCUT2D eigenvalue weighted by molar-refractivity contribution is 0.584.